The number of aromatic amines is 1. The van der Waals surface area contributed by atoms with Gasteiger partial charge < -0.3 is 14.8 Å². The molecule has 0 amide bonds. The summed E-state index contributed by atoms with van der Waals surface area (Å²) in [4.78, 5) is 15.0. The van der Waals surface area contributed by atoms with Crippen LogP contribution in [-0.2, 0) is 6.18 Å². The summed E-state index contributed by atoms with van der Waals surface area (Å²) in [5.74, 6) is -0.800. The summed E-state index contributed by atoms with van der Waals surface area (Å²) in [5, 5.41) is 9.28. The van der Waals surface area contributed by atoms with Crippen LogP contribution in [0.15, 0.2) is 47.0 Å². The monoisotopic (exact) mass is 427 g/mol. The second-order valence-corrected chi connectivity index (χ2v) is 6.51. The number of benzene rings is 2. The van der Waals surface area contributed by atoms with E-state index in [0.29, 0.717) is 5.56 Å². The lowest BCUT2D eigenvalue weighted by Gasteiger charge is -2.15. The third kappa shape index (κ3) is 4.13. The molecule has 0 saturated heterocycles. The van der Waals surface area contributed by atoms with Crippen molar-refractivity contribution >= 4 is 28.6 Å². The summed E-state index contributed by atoms with van der Waals surface area (Å²) in [6, 6.07) is 7.21. The number of nitrogens with one attached hydrogen (secondary N) is 1. The van der Waals surface area contributed by atoms with Crippen molar-refractivity contribution in [2.75, 3.05) is 13.7 Å². The van der Waals surface area contributed by atoms with Crippen LogP contribution in [0.1, 0.15) is 11.1 Å². The van der Waals surface area contributed by atoms with Gasteiger partial charge in [-0.2, -0.15) is 13.2 Å². The number of rotatable bonds is 4. The summed E-state index contributed by atoms with van der Waals surface area (Å²) in [7, 11) is 1.36. The Morgan fingerprint density at radius 1 is 1.24 bits per heavy atom. The number of fused-ring (bicyclic) bond motifs is 1. The van der Waals surface area contributed by atoms with Crippen LogP contribution >= 0.6 is 11.6 Å². The highest BCUT2D eigenvalue weighted by atomic mass is 35.5. The lowest BCUT2D eigenvalue weighted by molar-refractivity contribution is -0.137. The van der Waals surface area contributed by atoms with E-state index < -0.39 is 29.7 Å². The van der Waals surface area contributed by atoms with Gasteiger partial charge in [0.25, 0.3) is 5.56 Å². The molecule has 1 heterocycles. The molecule has 0 spiro atoms. The molecule has 0 fully saturated rings. The first-order valence-electron chi connectivity index (χ1n) is 8.23. The molecule has 0 aliphatic carbocycles. The SMILES string of the molecule is COc1cc(-c2c(C=C(F)CO)c(=O)[nH]c3ccc(C(F)(F)F)cc23)ccc1Cl. The molecule has 0 aliphatic rings. The summed E-state index contributed by atoms with van der Waals surface area (Å²) in [6.07, 6.45) is -3.83. The van der Waals surface area contributed by atoms with Gasteiger partial charge in [0.05, 0.1) is 29.9 Å². The van der Waals surface area contributed by atoms with Crippen molar-refractivity contribution in [3.63, 3.8) is 0 Å². The van der Waals surface area contributed by atoms with Crippen molar-refractivity contribution in [2.24, 2.45) is 0 Å². The topological polar surface area (TPSA) is 62.3 Å². The summed E-state index contributed by atoms with van der Waals surface area (Å²) < 4.78 is 58.7. The van der Waals surface area contributed by atoms with Gasteiger partial charge in [0.1, 0.15) is 11.6 Å². The zero-order chi connectivity index (χ0) is 21.3. The second-order valence-electron chi connectivity index (χ2n) is 6.10. The minimum absolute atomic E-state index is 0.0424. The smallest absolute Gasteiger partial charge is 0.416 e. The number of pyridine rings is 1. The molecule has 0 bridgehead atoms. The number of ether oxygens (including phenoxy) is 1. The Balaban J connectivity index is 2.47. The van der Waals surface area contributed by atoms with Crippen molar-refractivity contribution in [3.8, 4) is 16.9 Å². The number of hydrogen-bond donors (Lipinski definition) is 2. The van der Waals surface area contributed by atoms with E-state index in [0.717, 1.165) is 24.3 Å². The van der Waals surface area contributed by atoms with Crippen LogP contribution in [0.5, 0.6) is 5.75 Å². The minimum atomic E-state index is -4.62. The predicted molar refractivity (Wildman–Crippen MR) is 103 cm³/mol. The van der Waals surface area contributed by atoms with E-state index in [-0.39, 0.29) is 32.8 Å². The van der Waals surface area contributed by atoms with Crippen molar-refractivity contribution in [2.45, 2.75) is 6.18 Å². The highest BCUT2D eigenvalue weighted by Crippen LogP contribution is 2.38. The lowest BCUT2D eigenvalue weighted by Crippen LogP contribution is -2.13. The van der Waals surface area contributed by atoms with Gasteiger partial charge in [0.15, 0.2) is 0 Å². The molecule has 0 unspecified atom stereocenters. The molecular formula is C20H14ClF4NO3. The third-order valence-corrected chi connectivity index (χ3v) is 4.58. The first-order valence-corrected chi connectivity index (χ1v) is 8.61. The van der Waals surface area contributed by atoms with Crippen molar-refractivity contribution in [3.05, 3.63) is 68.7 Å². The van der Waals surface area contributed by atoms with E-state index in [9.17, 15) is 22.4 Å². The van der Waals surface area contributed by atoms with E-state index >= 15 is 0 Å². The van der Waals surface area contributed by atoms with Crippen molar-refractivity contribution in [1.29, 1.82) is 0 Å². The van der Waals surface area contributed by atoms with E-state index in [1.165, 1.54) is 25.3 Å². The van der Waals surface area contributed by atoms with Crippen LogP contribution in [0.25, 0.3) is 28.1 Å². The Labute approximate surface area is 167 Å². The van der Waals surface area contributed by atoms with Gasteiger partial charge in [0, 0.05) is 16.5 Å². The Hall–Kier alpha value is -2.84. The Kier molecular flexibility index (Phi) is 5.68. The van der Waals surface area contributed by atoms with Gasteiger partial charge in [0.2, 0.25) is 0 Å². The maximum absolute atomic E-state index is 13.8. The highest BCUT2D eigenvalue weighted by Gasteiger charge is 2.31. The Morgan fingerprint density at radius 3 is 2.59 bits per heavy atom. The lowest BCUT2D eigenvalue weighted by atomic mass is 9.94. The fourth-order valence-corrected chi connectivity index (χ4v) is 3.15. The number of halogens is 5. The molecule has 0 saturated carbocycles. The fraction of sp³-hybridized carbons (Fsp3) is 0.150. The van der Waals surface area contributed by atoms with Gasteiger partial charge in [-0.05, 0) is 42.0 Å². The summed E-state index contributed by atoms with van der Waals surface area (Å²) in [6.45, 7) is -0.969. The average molecular weight is 428 g/mol. The molecule has 29 heavy (non-hydrogen) atoms. The predicted octanol–water partition coefficient (Wildman–Crippen LogP) is 5.18. The van der Waals surface area contributed by atoms with Crippen molar-refractivity contribution < 1.29 is 27.4 Å². The normalized spacial score (nSPS) is 12.4. The number of methoxy groups -OCH3 is 1. The standard InChI is InChI=1S/C20H14ClF4NO3/c1-29-17-6-10(2-4-15(17)21)18-13-7-11(20(23,24)25)3-5-16(13)26-19(28)14(18)8-12(22)9-27/h2-8,27H,9H2,1H3,(H,26,28). The number of alkyl halides is 3. The van der Waals surface area contributed by atoms with E-state index in [2.05, 4.69) is 4.98 Å². The van der Waals surface area contributed by atoms with E-state index in [4.69, 9.17) is 21.4 Å². The van der Waals surface area contributed by atoms with Crippen LogP contribution < -0.4 is 10.3 Å². The van der Waals surface area contributed by atoms with E-state index in [1.807, 2.05) is 0 Å². The quantitative estimate of drug-likeness (QED) is 0.564. The first kappa shape index (κ1) is 20.9. The number of H-pyrrole nitrogens is 1. The molecule has 1 aromatic heterocycles. The summed E-state index contributed by atoms with van der Waals surface area (Å²) in [5.41, 5.74) is -1.44. The molecular weight excluding hydrogens is 414 g/mol. The highest BCUT2D eigenvalue weighted by molar-refractivity contribution is 6.32. The molecule has 3 aromatic rings. The number of aliphatic hydroxyl groups excluding tert-OH is 1. The maximum Gasteiger partial charge on any atom is 0.416 e. The average Bonchev–Trinajstić information content (AvgIpc) is 2.68. The molecule has 4 nitrogen and oxygen atoms in total. The molecule has 152 valence electrons. The second kappa shape index (κ2) is 7.88. The van der Waals surface area contributed by atoms with Gasteiger partial charge in [-0.25, -0.2) is 4.39 Å². The largest absolute Gasteiger partial charge is 0.495 e. The minimum Gasteiger partial charge on any atom is -0.495 e. The number of aliphatic hydroxyl groups is 1. The van der Waals surface area contributed by atoms with Crippen LogP contribution in [0, 0.1) is 0 Å². The molecule has 2 aromatic carbocycles. The molecule has 2 N–H and O–H groups in total. The van der Waals surface area contributed by atoms with Gasteiger partial charge in [-0.3, -0.25) is 4.79 Å². The molecule has 0 radical (unpaired) electrons. The van der Waals surface area contributed by atoms with Gasteiger partial charge in [-0.1, -0.05) is 17.7 Å². The van der Waals surface area contributed by atoms with Crippen LogP contribution in [0.2, 0.25) is 5.02 Å². The zero-order valence-electron chi connectivity index (χ0n) is 14.9. The fourth-order valence-electron chi connectivity index (χ4n) is 2.95. The third-order valence-electron chi connectivity index (χ3n) is 4.27. The Bertz CT molecular complexity index is 1170. The van der Waals surface area contributed by atoms with Crippen LogP contribution in [0.4, 0.5) is 17.6 Å². The first-order chi connectivity index (χ1) is 13.7. The maximum atomic E-state index is 13.8. The number of aromatic nitrogens is 1. The summed E-state index contributed by atoms with van der Waals surface area (Å²) >= 11 is 6.02. The van der Waals surface area contributed by atoms with Crippen molar-refractivity contribution in [1.82, 2.24) is 4.98 Å². The Morgan fingerprint density at radius 2 is 1.97 bits per heavy atom. The van der Waals surface area contributed by atoms with Crippen LogP contribution in [-0.4, -0.2) is 23.8 Å². The molecule has 3 rings (SSSR count). The van der Waals surface area contributed by atoms with E-state index in [1.54, 1.807) is 0 Å². The molecule has 0 atom stereocenters. The van der Waals surface area contributed by atoms with Gasteiger partial charge >= 0.3 is 6.18 Å². The zero-order valence-corrected chi connectivity index (χ0v) is 15.7. The number of hydrogen-bond acceptors (Lipinski definition) is 3. The molecule has 9 heteroatoms. The van der Waals surface area contributed by atoms with Crippen LogP contribution in [0.3, 0.4) is 0 Å². The molecule has 0 aliphatic heterocycles. The van der Waals surface area contributed by atoms with Gasteiger partial charge in [-0.15, -0.1) is 0 Å².